The number of aliphatic hydroxyl groups is 1. The first-order valence-corrected chi connectivity index (χ1v) is 11.5. The number of hydrogen-bond acceptors (Lipinski definition) is 6. The van der Waals surface area contributed by atoms with Crippen LogP contribution in [0.1, 0.15) is 33.1 Å². The van der Waals surface area contributed by atoms with Crippen molar-refractivity contribution in [1.29, 1.82) is 0 Å². The number of carboxylic acid groups (broad SMARTS) is 1. The van der Waals surface area contributed by atoms with E-state index in [1.807, 2.05) is 17.9 Å². The van der Waals surface area contributed by atoms with Gasteiger partial charge in [0, 0.05) is 47.8 Å². The summed E-state index contributed by atoms with van der Waals surface area (Å²) in [6.45, 7) is 5.88. The van der Waals surface area contributed by atoms with E-state index in [9.17, 15) is 24.6 Å². The molecular weight excluding hydrogens is 406 g/mol. The van der Waals surface area contributed by atoms with Crippen molar-refractivity contribution >= 4 is 29.5 Å². The summed E-state index contributed by atoms with van der Waals surface area (Å²) in [7, 11) is 0. The summed E-state index contributed by atoms with van der Waals surface area (Å²) >= 11 is 1.52. The number of fused-ring (bicyclic) bond motifs is 1. The fourth-order valence-corrected chi connectivity index (χ4v) is 6.56. The lowest BCUT2D eigenvalue weighted by atomic mass is 9.79. The van der Waals surface area contributed by atoms with Gasteiger partial charge in [0.2, 0.25) is 11.8 Å². The third-order valence-electron chi connectivity index (χ3n) is 6.62. The summed E-state index contributed by atoms with van der Waals surface area (Å²) in [6.07, 6.45) is 5.68. The molecule has 30 heavy (non-hydrogen) atoms. The van der Waals surface area contributed by atoms with Crippen molar-refractivity contribution in [2.45, 2.75) is 56.5 Å². The third-order valence-corrected chi connectivity index (χ3v) is 8.13. The first-order valence-electron chi connectivity index (χ1n) is 10.6. The van der Waals surface area contributed by atoms with Crippen LogP contribution in [0.2, 0.25) is 0 Å². The molecule has 8 nitrogen and oxygen atoms in total. The molecule has 9 heteroatoms. The minimum Gasteiger partial charge on any atom is -0.477 e. The van der Waals surface area contributed by atoms with E-state index in [0.29, 0.717) is 11.4 Å². The van der Waals surface area contributed by atoms with Gasteiger partial charge in [-0.1, -0.05) is 13.0 Å². The Bertz CT molecular complexity index is 804. The summed E-state index contributed by atoms with van der Waals surface area (Å²) < 4.78 is 0. The lowest BCUT2D eigenvalue weighted by molar-refractivity contribution is -0.163. The normalized spacial score (nSPS) is 34.6. The second-order valence-electron chi connectivity index (χ2n) is 8.65. The molecule has 0 spiro atoms. The van der Waals surface area contributed by atoms with Gasteiger partial charge in [-0.25, -0.2) is 4.79 Å². The van der Waals surface area contributed by atoms with E-state index in [1.54, 1.807) is 13.0 Å². The topological polar surface area (TPSA) is 110 Å². The molecule has 0 radical (unpaired) electrons. The molecule has 4 aliphatic rings. The van der Waals surface area contributed by atoms with Crippen molar-refractivity contribution < 1.29 is 24.6 Å². The second kappa shape index (κ2) is 8.36. The highest BCUT2D eigenvalue weighted by atomic mass is 32.2. The van der Waals surface area contributed by atoms with Crippen LogP contribution >= 0.6 is 11.8 Å². The lowest BCUT2D eigenvalue weighted by Gasteiger charge is -2.46. The summed E-state index contributed by atoms with van der Waals surface area (Å²) in [5.74, 6) is -2.01. The van der Waals surface area contributed by atoms with E-state index in [-0.39, 0.29) is 40.8 Å². The molecular formula is C21H29N3O5S. The Balaban J connectivity index is 1.41. The summed E-state index contributed by atoms with van der Waals surface area (Å²) in [4.78, 5) is 40.5. The predicted molar refractivity (Wildman–Crippen MR) is 112 cm³/mol. The predicted octanol–water partition coefficient (Wildman–Crippen LogP) is 0.782. The Morgan fingerprint density at radius 2 is 2.00 bits per heavy atom. The maximum Gasteiger partial charge on any atom is 0.353 e. The van der Waals surface area contributed by atoms with Gasteiger partial charge in [-0.05, 0) is 26.2 Å². The number of nitrogens with one attached hydrogen (secondary N) is 1. The number of likely N-dealkylation sites (tertiary alicyclic amines) is 1. The van der Waals surface area contributed by atoms with Gasteiger partial charge in [-0.3, -0.25) is 9.59 Å². The van der Waals surface area contributed by atoms with E-state index in [4.69, 9.17) is 0 Å². The molecule has 4 heterocycles. The quantitative estimate of drug-likeness (QED) is 0.418. The van der Waals surface area contributed by atoms with Crippen molar-refractivity contribution in [2.75, 3.05) is 19.6 Å². The average Bonchev–Trinajstić information content (AvgIpc) is 3.41. The molecule has 2 amide bonds. The van der Waals surface area contributed by atoms with Gasteiger partial charge in [-0.2, -0.15) is 0 Å². The third kappa shape index (κ3) is 3.67. The van der Waals surface area contributed by atoms with Gasteiger partial charge in [0.15, 0.2) is 0 Å². The highest BCUT2D eigenvalue weighted by Gasteiger charge is 2.60. The molecule has 4 aliphatic heterocycles. The number of amides is 2. The minimum absolute atomic E-state index is 0.0535. The van der Waals surface area contributed by atoms with Crippen molar-refractivity contribution in [3.63, 3.8) is 0 Å². The van der Waals surface area contributed by atoms with Gasteiger partial charge in [0.1, 0.15) is 5.70 Å². The number of carboxylic acids is 1. The maximum atomic E-state index is 12.4. The molecule has 0 saturated carbocycles. The SMILES string of the molecule is C[C@@H](O)[C@H]1C(=O)N2C(C(=O)O)=C(S[C@@H]3CN[C@H](C=CC(=O)N4CCCC4)C3)[C@H](C)[C@H]12. The van der Waals surface area contributed by atoms with Crippen LogP contribution in [0.5, 0.6) is 0 Å². The van der Waals surface area contributed by atoms with Crippen LogP contribution in [0.15, 0.2) is 22.8 Å². The van der Waals surface area contributed by atoms with Crippen LogP contribution in [-0.4, -0.2) is 80.9 Å². The van der Waals surface area contributed by atoms with Crippen LogP contribution < -0.4 is 5.32 Å². The van der Waals surface area contributed by atoms with Crippen molar-refractivity contribution in [1.82, 2.24) is 15.1 Å². The van der Waals surface area contributed by atoms with Crippen LogP contribution in [-0.2, 0) is 14.4 Å². The number of carbonyl (C=O) groups excluding carboxylic acids is 2. The smallest absolute Gasteiger partial charge is 0.353 e. The fourth-order valence-electron chi connectivity index (χ4n) is 5.07. The number of thioether (sulfide) groups is 1. The molecule has 3 N–H and O–H groups in total. The average molecular weight is 436 g/mol. The molecule has 6 atom stereocenters. The monoisotopic (exact) mass is 435 g/mol. The molecule has 0 unspecified atom stereocenters. The Labute approximate surface area is 180 Å². The molecule has 0 bridgehead atoms. The first-order chi connectivity index (χ1) is 14.3. The van der Waals surface area contributed by atoms with Crippen molar-refractivity contribution in [3.8, 4) is 0 Å². The zero-order chi connectivity index (χ0) is 21.6. The lowest BCUT2D eigenvalue weighted by Crippen LogP contribution is -2.63. The number of β-lactam (4-membered cyclic amide) rings is 1. The van der Waals surface area contributed by atoms with Gasteiger partial charge in [0.25, 0.3) is 0 Å². The number of hydrogen-bond donors (Lipinski definition) is 3. The van der Waals surface area contributed by atoms with Crippen LogP contribution in [0.25, 0.3) is 0 Å². The number of aliphatic carboxylic acids is 1. The van der Waals surface area contributed by atoms with Crippen LogP contribution in [0, 0.1) is 11.8 Å². The van der Waals surface area contributed by atoms with E-state index >= 15 is 0 Å². The zero-order valence-corrected chi connectivity index (χ0v) is 18.1. The van der Waals surface area contributed by atoms with E-state index < -0.39 is 18.0 Å². The Morgan fingerprint density at radius 3 is 2.63 bits per heavy atom. The first kappa shape index (κ1) is 21.4. The number of aliphatic hydroxyl groups excluding tert-OH is 1. The molecule has 0 aromatic carbocycles. The van der Waals surface area contributed by atoms with Crippen LogP contribution in [0.4, 0.5) is 0 Å². The zero-order valence-electron chi connectivity index (χ0n) is 17.3. The van der Waals surface area contributed by atoms with Crippen molar-refractivity contribution in [2.24, 2.45) is 11.8 Å². The number of carbonyl (C=O) groups is 3. The van der Waals surface area contributed by atoms with E-state index in [0.717, 1.165) is 32.4 Å². The van der Waals surface area contributed by atoms with E-state index in [1.165, 1.54) is 16.7 Å². The molecule has 4 rings (SSSR count). The van der Waals surface area contributed by atoms with Gasteiger partial charge < -0.3 is 25.3 Å². The largest absolute Gasteiger partial charge is 0.477 e. The van der Waals surface area contributed by atoms with Gasteiger partial charge in [-0.15, -0.1) is 11.8 Å². The maximum absolute atomic E-state index is 12.4. The highest BCUT2D eigenvalue weighted by molar-refractivity contribution is 8.03. The van der Waals surface area contributed by atoms with Crippen molar-refractivity contribution in [3.05, 3.63) is 22.8 Å². The Kier molecular flexibility index (Phi) is 5.96. The molecule has 164 valence electrons. The molecule has 3 fully saturated rings. The summed E-state index contributed by atoms with van der Waals surface area (Å²) in [6, 6.07) is -0.210. The number of rotatable bonds is 6. The summed E-state index contributed by atoms with van der Waals surface area (Å²) in [5, 5.41) is 23.2. The molecule has 0 aromatic rings. The number of nitrogens with zero attached hydrogens (tertiary/aromatic N) is 2. The van der Waals surface area contributed by atoms with Gasteiger partial charge in [0.05, 0.1) is 18.1 Å². The standard InChI is InChI=1S/C21H29N3O5S/c1-11-17-16(12(2)25)20(27)24(17)18(21(28)29)19(11)30-14-9-13(22-10-14)5-6-15(26)23-7-3-4-8-23/h5-6,11-14,16-17,22,25H,3-4,7-10H2,1-2H3,(H,28,29)/t11-,12-,13-,14+,16-,17-/m1/s1. The van der Waals surface area contributed by atoms with E-state index in [2.05, 4.69) is 5.32 Å². The molecule has 0 aromatic heterocycles. The fraction of sp³-hybridized carbons (Fsp3) is 0.667. The van der Waals surface area contributed by atoms with Gasteiger partial charge >= 0.3 is 5.97 Å². The molecule has 3 saturated heterocycles. The Hall–Kier alpha value is -1.84. The van der Waals surface area contributed by atoms with Crippen LogP contribution in [0.3, 0.4) is 0 Å². The second-order valence-corrected chi connectivity index (χ2v) is 10.00. The Morgan fingerprint density at radius 1 is 1.30 bits per heavy atom. The minimum atomic E-state index is -1.09. The highest BCUT2D eigenvalue weighted by Crippen LogP contribution is 2.51. The summed E-state index contributed by atoms with van der Waals surface area (Å²) in [5.41, 5.74) is 0.0719. The molecule has 0 aliphatic carbocycles.